The smallest absolute Gasteiger partial charge is 0.307 e. The maximum atomic E-state index is 10.9. The molecule has 0 spiro atoms. The lowest BCUT2D eigenvalue weighted by molar-refractivity contribution is -0.147. The van der Waals surface area contributed by atoms with Crippen LogP contribution in [0, 0.1) is 11.3 Å². The highest BCUT2D eigenvalue weighted by Gasteiger charge is 2.42. The minimum Gasteiger partial charge on any atom is -0.481 e. The molecule has 1 atom stereocenters. The number of hydrogen-bond acceptors (Lipinski definition) is 5. The molecule has 0 bridgehead atoms. The number of carboxylic acids is 1. The van der Waals surface area contributed by atoms with Crippen LogP contribution in [-0.2, 0) is 14.4 Å². The van der Waals surface area contributed by atoms with Gasteiger partial charge in [-0.2, -0.15) is 5.26 Å². The highest BCUT2D eigenvalue weighted by atomic mass is 16.7. The van der Waals surface area contributed by atoms with Crippen LogP contribution in [0.5, 0.6) is 0 Å². The fourth-order valence-electron chi connectivity index (χ4n) is 2.21. The first-order chi connectivity index (χ1) is 9.58. The largest absolute Gasteiger partial charge is 0.481 e. The highest BCUT2D eigenvalue weighted by molar-refractivity contribution is 6.02. The van der Waals surface area contributed by atoms with Crippen LogP contribution in [-0.4, -0.2) is 36.1 Å². The Balaban J connectivity index is 2.20. The Morgan fingerprint density at radius 1 is 1.65 bits per heavy atom. The van der Waals surface area contributed by atoms with Crippen molar-refractivity contribution >= 4 is 11.7 Å². The molecule has 1 unspecified atom stereocenters. The van der Waals surface area contributed by atoms with E-state index in [9.17, 15) is 4.79 Å². The van der Waals surface area contributed by atoms with E-state index in [1.165, 1.54) is 7.11 Å². The van der Waals surface area contributed by atoms with E-state index in [1.807, 2.05) is 6.07 Å². The van der Waals surface area contributed by atoms with Gasteiger partial charge in [0, 0.05) is 19.1 Å². The third-order valence-corrected chi connectivity index (χ3v) is 3.04. The van der Waals surface area contributed by atoms with E-state index < -0.39 is 11.6 Å². The van der Waals surface area contributed by atoms with Crippen LogP contribution in [0.25, 0.3) is 0 Å². The van der Waals surface area contributed by atoms with E-state index in [4.69, 9.17) is 19.9 Å². The first-order valence-electron chi connectivity index (χ1n) is 6.05. The van der Waals surface area contributed by atoms with E-state index in [2.05, 4.69) is 11.2 Å². The van der Waals surface area contributed by atoms with Crippen LogP contribution in [0.2, 0.25) is 0 Å². The van der Waals surface area contributed by atoms with Crippen LogP contribution < -0.4 is 0 Å². The number of aliphatic carboxylic acids is 1. The molecule has 0 fully saturated rings. The van der Waals surface area contributed by atoms with E-state index in [0.29, 0.717) is 17.7 Å². The molecule has 20 heavy (non-hydrogen) atoms. The van der Waals surface area contributed by atoms with Gasteiger partial charge in [-0.05, 0) is 12.1 Å². The molecule has 104 valence electrons. The Kier molecular flexibility index (Phi) is 4.01. The molecule has 6 nitrogen and oxygen atoms in total. The maximum Gasteiger partial charge on any atom is 0.307 e. The third-order valence-electron chi connectivity index (χ3n) is 3.04. The van der Waals surface area contributed by atoms with Gasteiger partial charge in [-0.15, -0.1) is 0 Å². The van der Waals surface area contributed by atoms with Crippen molar-refractivity contribution in [3.8, 4) is 6.07 Å². The van der Waals surface area contributed by atoms with Gasteiger partial charge in [-0.25, -0.2) is 0 Å². The fourth-order valence-corrected chi connectivity index (χ4v) is 2.21. The predicted molar refractivity (Wildman–Crippen MR) is 70.3 cm³/mol. The SMILES string of the molecule is COCC1(CC(=O)O)CC(c2cccc(C#N)c2)=NO1. The standard InChI is InChI=1S/C14H14N2O4/c1-19-9-14(7-13(17)18)6-12(16-20-14)11-4-2-3-10(5-11)8-15/h2-5H,6-7,9H2,1H3,(H,17,18). The molecule has 1 aromatic rings. The van der Waals surface area contributed by atoms with E-state index in [0.717, 1.165) is 5.56 Å². The molecule has 0 amide bonds. The van der Waals surface area contributed by atoms with Crippen molar-refractivity contribution in [2.45, 2.75) is 18.4 Å². The normalized spacial score (nSPS) is 20.9. The van der Waals surface area contributed by atoms with Gasteiger partial charge in [-0.3, -0.25) is 4.79 Å². The summed E-state index contributed by atoms with van der Waals surface area (Å²) < 4.78 is 5.05. The Bertz CT molecular complexity index is 591. The lowest BCUT2D eigenvalue weighted by atomic mass is 9.91. The summed E-state index contributed by atoms with van der Waals surface area (Å²) in [4.78, 5) is 16.3. The molecule has 0 aromatic heterocycles. The number of carbonyl (C=O) groups is 1. The molecule has 1 aliphatic heterocycles. The molecule has 0 saturated carbocycles. The van der Waals surface area contributed by atoms with Crippen LogP contribution in [0.3, 0.4) is 0 Å². The van der Waals surface area contributed by atoms with Crippen molar-refractivity contribution in [3.63, 3.8) is 0 Å². The van der Waals surface area contributed by atoms with Crippen molar-refractivity contribution < 1.29 is 19.5 Å². The summed E-state index contributed by atoms with van der Waals surface area (Å²) >= 11 is 0. The fraction of sp³-hybridized carbons (Fsp3) is 0.357. The van der Waals surface area contributed by atoms with Crippen molar-refractivity contribution in [2.75, 3.05) is 13.7 Å². The number of carboxylic acid groups (broad SMARTS) is 1. The molecule has 1 N–H and O–H groups in total. The summed E-state index contributed by atoms with van der Waals surface area (Å²) in [5, 5.41) is 21.8. The maximum absolute atomic E-state index is 10.9. The summed E-state index contributed by atoms with van der Waals surface area (Å²) in [5.74, 6) is -0.968. The number of methoxy groups -OCH3 is 1. The zero-order valence-corrected chi connectivity index (χ0v) is 11.0. The summed E-state index contributed by atoms with van der Waals surface area (Å²) in [6.45, 7) is 0.143. The van der Waals surface area contributed by atoms with Crippen molar-refractivity contribution in [2.24, 2.45) is 5.16 Å². The lowest BCUT2D eigenvalue weighted by Gasteiger charge is -2.23. The molecule has 0 radical (unpaired) electrons. The second-order valence-corrected chi connectivity index (χ2v) is 4.69. The van der Waals surface area contributed by atoms with Crippen LogP contribution in [0.4, 0.5) is 0 Å². The number of ether oxygens (including phenoxy) is 1. The minimum atomic E-state index is -0.974. The first-order valence-corrected chi connectivity index (χ1v) is 6.05. The molecule has 1 aliphatic rings. The van der Waals surface area contributed by atoms with Crippen LogP contribution in [0.15, 0.2) is 29.4 Å². The van der Waals surface area contributed by atoms with Crippen molar-refractivity contribution in [3.05, 3.63) is 35.4 Å². The highest BCUT2D eigenvalue weighted by Crippen LogP contribution is 2.30. The van der Waals surface area contributed by atoms with E-state index >= 15 is 0 Å². The number of benzene rings is 1. The second kappa shape index (κ2) is 5.72. The average Bonchev–Trinajstić information content (AvgIpc) is 2.82. The number of rotatable bonds is 5. The van der Waals surface area contributed by atoms with E-state index in [-0.39, 0.29) is 13.0 Å². The Morgan fingerprint density at radius 3 is 3.10 bits per heavy atom. The lowest BCUT2D eigenvalue weighted by Crippen LogP contribution is -2.37. The third kappa shape index (κ3) is 2.95. The zero-order chi connectivity index (χ0) is 14.6. The molecule has 1 aromatic carbocycles. The number of nitriles is 1. The molecular weight excluding hydrogens is 260 g/mol. The van der Waals surface area contributed by atoms with Gasteiger partial charge in [0.25, 0.3) is 0 Å². The molecule has 0 saturated heterocycles. The van der Waals surface area contributed by atoms with E-state index in [1.54, 1.807) is 18.2 Å². The van der Waals surface area contributed by atoms with Gasteiger partial charge in [0.15, 0.2) is 5.60 Å². The van der Waals surface area contributed by atoms with Crippen molar-refractivity contribution in [1.82, 2.24) is 0 Å². The monoisotopic (exact) mass is 274 g/mol. The molecule has 1 heterocycles. The van der Waals surface area contributed by atoms with Gasteiger partial charge < -0.3 is 14.7 Å². The van der Waals surface area contributed by atoms with Gasteiger partial charge in [0.1, 0.15) is 0 Å². The summed E-state index contributed by atoms with van der Waals surface area (Å²) in [7, 11) is 1.49. The van der Waals surface area contributed by atoms with Gasteiger partial charge in [0.05, 0.1) is 30.4 Å². The quantitative estimate of drug-likeness (QED) is 0.879. The number of oxime groups is 1. The molecular formula is C14H14N2O4. The molecule has 0 aliphatic carbocycles. The number of hydrogen-bond donors (Lipinski definition) is 1. The zero-order valence-electron chi connectivity index (χ0n) is 11.0. The Morgan fingerprint density at radius 2 is 2.45 bits per heavy atom. The van der Waals surface area contributed by atoms with Gasteiger partial charge in [-0.1, -0.05) is 17.3 Å². The molecule has 6 heteroatoms. The van der Waals surface area contributed by atoms with Gasteiger partial charge >= 0.3 is 5.97 Å². The Labute approximate surface area is 116 Å². The number of nitrogens with zero attached hydrogens (tertiary/aromatic N) is 2. The predicted octanol–water partition coefficient (Wildman–Crippen LogP) is 1.54. The average molecular weight is 274 g/mol. The van der Waals surface area contributed by atoms with Gasteiger partial charge in [0.2, 0.25) is 0 Å². The van der Waals surface area contributed by atoms with Crippen LogP contribution in [0.1, 0.15) is 24.0 Å². The first kappa shape index (κ1) is 14.0. The van der Waals surface area contributed by atoms with Crippen LogP contribution >= 0.6 is 0 Å². The summed E-state index contributed by atoms with van der Waals surface area (Å²) in [5.41, 5.74) is 0.930. The molecule has 2 rings (SSSR count). The summed E-state index contributed by atoms with van der Waals surface area (Å²) in [6, 6.07) is 9.01. The summed E-state index contributed by atoms with van der Waals surface area (Å²) in [6.07, 6.45) is 0.147. The topological polar surface area (TPSA) is 91.9 Å². The van der Waals surface area contributed by atoms with Crippen molar-refractivity contribution in [1.29, 1.82) is 5.26 Å². The second-order valence-electron chi connectivity index (χ2n) is 4.69. The minimum absolute atomic E-state index is 0.143. The Hall–Kier alpha value is -2.39.